The first-order valence-electron chi connectivity index (χ1n) is 9.50. The van der Waals surface area contributed by atoms with Crippen LogP contribution >= 0.6 is 11.6 Å². The van der Waals surface area contributed by atoms with Crippen molar-refractivity contribution in [3.63, 3.8) is 0 Å². The summed E-state index contributed by atoms with van der Waals surface area (Å²) >= 11 is 5.77. The van der Waals surface area contributed by atoms with E-state index in [4.69, 9.17) is 11.6 Å². The third-order valence-electron chi connectivity index (χ3n) is 5.10. The smallest absolute Gasteiger partial charge is 0.227 e. The number of carbonyl (C=O) groups excluding carboxylic acids is 1. The van der Waals surface area contributed by atoms with Crippen molar-refractivity contribution in [1.29, 1.82) is 0 Å². The molecule has 5 nitrogen and oxygen atoms in total. The number of nitrogens with one attached hydrogen (secondary N) is 1. The van der Waals surface area contributed by atoms with Crippen LogP contribution in [0.5, 0.6) is 0 Å². The number of amides is 1. The molecule has 7 heteroatoms. The van der Waals surface area contributed by atoms with Crippen LogP contribution in [0.1, 0.15) is 12.8 Å². The molecule has 4 rings (SSSR count). The van der Waals surface area contributed by atoms with Gasteiger partial charge in [-0.05, 0) is 43.2 Å². The molecule has 2 heterocycles. The molecule has 2 aromatic carbocycles. The minimum Gasteiger partial charge on any atom is -0.355 e. The highest BCUT2D eigenvalue weighted by molar-refractivity contribution is 6.31. The zero-order valence-electron chi connectivity index (χ0n) is 15.7. The molecule has 1 aliphatic rings. The molecule has 3 aromatic rings. The Morgan fingerprint density at radius 2 is 1.79 bits per heavy atom. The number of halogens is 2. The van der Waals surface area contributed by atoms with E-state index >= 15 is 0 Å². The zero-order chi connectivity index (χ0) is 20.2. The van der Waals surface area contributed by atoms with E-state index in [1.54, 1.807) is 0 Å². The molecule has 1 saturated heterocycles. The Hall–Kier alpha value is -2.99. The lowest BCUT2D eigenvalue weighted by Crippen LogP contribution is -2.38. The first kappa shape index (κ1) is 19.3. The Morgan fingerprint density at radius 3 is 2.45 bits per heavy atom. The van der Waals surface area contributed by atoms with Crippen molar-refractivity contribution in [2.75, 3.05) is 23.3 Å². The van der Waals surface area contributed by atoms with Gasteiger partial charge in [-0.2, -0.15) is 0 Å². The molecule has 0 radical (unpaired) electrons. The van der Waals surface area contributed by atoms with Gasteiger partial charge in [-0.15, -0.1) is 10.2 Å². The van der Waals surface area contributed by atoms with Gasteiger partial charge >= 0.3 is 0 Å². The monoisotopic (exact) mass is 410 g/mol. The van der Waals surface area contributed by atoms with Crippen LogP contribution in [0.2, 0.25) is 5.02 Å². The fourth-order valence-electron chi connectivity index (χ4n) is 3.45. The number of anilines is 2. The normalized spacial score (nSPS) is 14.6. The van der Waals surface area contributed by atoms with Gasteiger partial charge in [0.15, 0.2) is 5.82 Å². The third-order valence-corrected chi connectivity index (χ3v) is 5.39. The molecule has 0 aliphatic carbocycles. The molecule has 1 aromatic heterocycles. The van der Waals surface area contributed by atoms with E-state index in [1.165, 1.54) is 18.2 Å². The topological polar surface area (TPSA) is 58.1 Å². The number of hydrogen-bond donors (Lipinski definition) is 1. The molecular formula is C22H20ClFN4O. The molecule has 29 heavy (non-hydrogen) atoms. The highest BCUT2D eigenvalue weighted by atomic mass is 35.5. The maximum absolute atomic E-state index is 13.3. The maximum Gasteiger partial charge on any atom is 0.227 e. The fourth-order valence-corrected chi connectivity index (χ4v) is 3.63. The summed E-state index contributed by atoms with van der Waals surface area (Å²) in [6.07, 6.45) is 1.42. The first-order chi connectivity index (χ1) is 14.1. The molecule has 1 fully saturated rings. The summed E-state index contributed by atoms with van der Waals surface area (Å²) in [5.41, 5.74) is 2.37. The van der Waals surface area contributed by atoms with Gasteiger partial charge < -0.3 is 10.2 Å². The van der Waals surface area contributed by atoms with Crippen molar-refractivity contribution < 1.29 is 9.18 Å². The lowest BCUT2D eigenvalue weighted by atomic mass is 9.96. The molecule has 0 saturated carbocycles. The van der Waals surface area contributed by atoms with Crippen LogP contribution < -0.4 is 10.2 Å². The molecule has 1 aliphatic heterocycles. The highest BCUT2D eigenvalue weighted by Gasteiger charge is 2.26. The number of hydrogen-bond acceptors (Lipinski definition) is 4. The van der Waals surface area contributed by atoms with Crippen molar-refractivity contribution in [2.24, 2.45) is 5.92 Å². The molecule has 148 valence electrons. The van der Waals surface area contributed by atoms with Gasteiger partial charge in [0.05, 0.1) is 10.7 Å². The fraction of sp³-hybridized carbons (Fsp3) is 0.227. The van der Waals surface area contributed by atoms with E-state index in [-0.39, 0.29) is 16.8 Å². The second-order valence-corrected chi connectivity index (χ2v) is 7.43. The summed E-state index contributed by atoms with van der Waals surface area (Å²) in [5.74, 6) is 0.135. The van der Waals surface area contributed by atoms with Crippen LogP contribution in [0.3, 0.4) is 0 Å². The van der Waals surface area contributed by atoms with E-state index in [9.17, 15) is 9.18 Å². The van der Waals surface area contributed by atoms with Gasteiger partial charge in [-0.1, -0.05) is 41.9 Å². The van der Waals surface area contributed by atoms with Crippen LogP contribution in [-0.4, -0.2) is 29.2 Å². The SMILES string of the molecule is O=C(Nc1ccc(F)c(Cl)c1)C1CCN(c2ccc(-c3ccccc3)nn2)CC1. The van der Waals surface area contributed by atoms with E-state index in [0.717, 1.165) is 30.2 Å². The number of benzene rings is 2. The molecule has 0 unspecified atom stereocenters. The number of aromatic nitrogens is 2. The van der Waals surface area contributed by atoms with Gasteiger partial charge in [-0.3, -0.25) is 4.79 Å². The lowest BCUT2D eigenvalue weighted by Gasteiger charge is -2.31. The minimum absolute atomic E-state index is 0.00450. The minimum atomic E-state index is -0.502. The van der Waals surface area contributed by atoms with Crippen molar-refractivity contribution in [2.45, 2.75) is 12.8 Å². The van der Waals surface area contributed by atoms with Crippen LogP contribution in [0.25, 0.3) is 11.3 Å². The summed E-state index contributed by atoms with van der Waals surface area (Å²) < 4.78 is 13.3. The Labute approximate surface area is 173 Å². The van der Waals surface area contributed by atoms with E-state index < -0.39 is 5.82 Å². The Kier molecular flexibility index (Phi) is 5.71. The standard InChI is InChI=1S/C22H20ClFN4O/c23-18-14-17(6-7-19(18)24)25-22(29)16-10-12-28(13-11-16)21-9-8-20(26-27-21)15-4-2-1-3-5-15/h1-9,14,16H,10-13H2,(H,25,29). The largest absolute Gasteiger partial charge is 0.355 e. The van der Waals surface area contributed by atoms with Crippen molar-refractivity contribution in [3.05, 3.63) is 71.5 Å². The second kappa shape index (κ2) is 8.57. The molecule has 0 bridgehead atoms. The highest BCUT2D eigenvalue weighted by Crippen LogP contribution is 2.25. The zero-order valence-corrected chi connectivity index (χ0v) is 16.4. The van der Waals surface area contributed by atoms with E-state index in [1.807, 2.05) is 42.5 Å². The predicted octanol–water partition coefficient (Wildman–Crippen LogP) is 4.79. The Morgan fingerprint density at radius 1 is 1.03 bits per heavy atom. The van der Waals surface area contributed by atoms with Crippen LogP contribution in [-0.2, 0) is 4.79 Å². The van der Waals surface area contributed by atoms with E-state index in [0.29, 0.717) is 18.5 Å². The van der Waals surface area contributed by atoms with Gasteiger partial charge in [0.1, 0.15) is 5.82 Å². The van der Waals surface area contributed by atoms with Crippen molar-refractivity contribution in [3.8, 4) is 11.3 Å². The van der Waals surface area contributed by atoms with Gasteiger partial charge in [0, 0.05) is 30.3 Å². The van der Waals surface area contributed by atoms with Crippen LogP contribution in [0.15, 0.2) is 60.7 Å². The number of piperidine rings is 1. The summed E-state index contributed by atoms with van der Waals surface area (Å²) in [5, 5.41) is 11.5. The molecule has 0 atom stereocenters. The predicted molar refractivity (Wildman–Crippen MR) is 112 cm³/mol. The summed E-state index contributed by atoms with van der Waals surface area (Å²) in [7, 11) is 0. The van der Waals surface area contributed by atoms with E-state index in [2.05, 4.69) is 20.4 Å². The van der Waals surface area contributed by atoms with Gasteiger partial charge in [-0.25, -0.2) is 4.39 Å². The first-order valence-corrected chi connectivity index (χ1v) is 9.88. The van der Waals surface area contributed by atoms with Gasteiger partial charge in [0.25, 0.3) is 0 Å². The van der Waals surface area contributed by atoms with Crippen molar-refractivity contribution >= 4 is 29.0 Å². The lowest BCUT2D eigenvalue weighted by molar-refractivity contribution is -0.120. The summed E-state index contributed by atoms with van der Waals surface area (Å²) in [6.45, 7) is 1.45. The number of carbonyl (C=O) groups is 1. The Bertz CT molecular complexity index is 989. The van der Waals surface area contributed by atoms with Crippen molar-refractivity contribution in [1.82, 2.24) is 10.2 Å². The molecule has 1 amide bonds. The van der Waals surface area contributed by atoms with Gasteiger partial charge in [0.2, 0.25) is 5.91 Å². The second-order valence-electron chi connectivity index (χ2n) is 7.02. The quantitative estimate of drug-likeness (QED) is 0.671. The molecular weight excluding hydrogens is 391 g/mol. The average molecular weight is 411 g/mol. The summed E-state index contributed by atoms with van der Waals surface area (Å²) in [6, 6.07) is 18.0. The number of rotatable bonds is 4. The average Bonchev–Trinajstić information content (AvgIpc) is 2.77. The third kappa shape index (κ3) is 4.54. The number of nitrogens with zero attached hydrogens (tertiary/aromatic N) is 3. The maximum atomic E-state index is 13.3. The molecule has 0 spiro atoms. The summed E-state index contributed by atoms with van der Waals surface area (Å²) in [4.78, 5) is 14.7. The Balaban J connectivity index is 1.34. The van der Waals surface area contributed by atoms with Crippen LogP contribution in [0.4, 0.5) is 15.9 Å². The molecule has 1 N–H and O–H groups in total. The van der Waals surface area contributed by atoms with Crippen LogP contribution in [0, 0.1) is 11.7 Å².